The van der Waals surface area contributed by atoms with E-state index in [2.05, 4.69) is 11.9 Å². The van der Waals surface area contributed by atoms with E-state index in [0.29, 0.717) is 0 Å². The Morgan fingerprint density at radius 3 is 2.75 bits per heavy atom. The zero-order valence-electron chi connectivity index (χ0n) is 8.00. The van der Waals surface area contributed by atoms with Crippen molar-refractivity contribution in [3.05, 3.63) is 0 Å². The van der Waals surface area contributed by atoms with E-state index in [1.54, 1.807) is 12.8 Å². The van der Waals surface area contributed by atoms with Crippen LogP contribution in [-0.2, 0) is 0 Å². The first kappa shape index (κ1) is 7.37. The molecule has 4 atom stereocenters. The van der Waals surface area contributed by atoms with Crippen LogP contribution < -0.4 is 0 Å². The number of hydrogen-bond acceptors (Lipinski definition) is 1. The Morgan fingerprint density at radius 2 is 1.83 bits per heavy atom. The van der Waals surface area contributed by atoms with E-state index < -0.39 is 0 Å². The van der Waals surface area contributed by atoms with Gasteiger partial charge in [0.05, 0.1) is 0 Å². The lowest BCUT2D eigenvalue weighted by molar-refractivity contribution is 0.123. The summed E-state index contributed by atoms with van der Waals surface area (Å²) >= 11 is 0. The van der Waals surface area contributed by atoms with Crippen LogP contribution in [0.3, 0.4) is 0 Å². The van der Waals surface area contributed by atoms with Gasteiger partial charge in [-0.05, 0) is 44.1 Å². The van der Waals surface area contributed by atoms with Gasteiger partial charge in [-0.1, -0.05) is 12.8 Å². The molecule has 0 aromatic heterocycles. The maximum Gasteiger partial charge on any atom is 0.0124 e. The predicted octanol–water partition coefficient (Wildman–Crippen LogP) is 2.13. The molecule has 0 amide bonds. The average molecular weight is 165 g/mol. The standard InChI is InChI=1S/C11H19N/c1-12-7-10-6-11(12)9-4-2-3-8(10)5-9/h8-11H,2-7H2,1H3. The van der Waals surface area contributed by atoms with Crippen LogP contribution in [-0.4, -0.2) is 24.5 Å². The Kier molecular flexibility index (Phi) is 1.52. The molecule has 0 radical (unpaired) electrons. The molecule has 3 aliphatic rings. The van der Waals surface area contributed by atoms with Gasteiger partial charge in [-0.15, -0.1) is 0 Å². The molecule has 1 heterocycles. The lowest BCUT2D eigenvalue weighted by atomic mass is 9.67. The molecule has 1 nitrogen and oxygen atoms in total. The van der Waals surface area contributed by atoms with Crippen molar-refractivity contribution in [2.45, 2.75) is 38.1 Å². The van der Waals surface area contributed by atoms with Crippen molar-refractivity contribution >= 4 is 0 Å². The molecule has 4 bridgehead atoms. The molecule has 0 N–H and O–H groups in total. The monoisotopic (exact) mass is 165 g/mol. The van der Waals surface area contributed by atoms with Gasteiger partial charge in [0.2, 0.25) is 0 Å². The minimum absolute atomic E-state index is 0.978. The summed E-state index contributed by atoms with van der Waals surface area (Å²) in [4.78, 5) is 2.64. The molecular weight excluding hydrogens is 146 g/mol. The van der Waals surface area contributed by atoms with Crippen LogP contribution in [0.5, 0.6) is 0 Å². The van der Waals surface area contributed by atoms with Gasteiger partial charge in [-0.25, -0.2) is 0 Å². The maximum atomic E-state index is 2.64. The molecule has 0 aromatic carbocycles. The molecule has 68 valence electrons. The van der Waals surface area contributed by atoms with Crippen LogP contribution in [0, 0.1) is 17.8 Å². The third-order valence-corrected chi connectivity index (χ3v) is 4.60. The number of rotatable bonds is 0. The minimum Gasteiger partial charge on any atom is -0.303 e. The van der Waals surface area contributed by atoms with Crippen molar-refractivity contribution in [2.24, 2.45) is 17.8 Å². The summed E-state index contributed by atoms with van der Waals surface area (Å²) in [5, 5.41) is 0. The normalized spacial score (nSPS) is 52.8. The Hall–Kier alpha value is -0.0400. The smallest absolute Gasteiger partial charge is 0.0124 e. The average Bonchev–Trinajstić information content (AvgIpc) is 2.44. The molecule has 1 aliphatic heterocycles. The van der Waals surface area contributed by atoms with Crippen molar-refractivity contribution in [1.82, 2.24) is 4.90 Å². The molecule has 2 aliphatic carbocycles. The van der Waals surface area contributed by atoms with E-state index >= 15 is 0 Å². The largest absolute Gasteiger partial charge is 0.303 e. The highest BCUT2D eigenvalue weighted by atomic mass is 15.2. The fourth-order valence-corrected chi connectivity index (χ4v) is 4.01. The maximum absolute atomic E-state index is 2.64. The van der Waals surface area contributed by atoms with Crippen LogP contribution in [0.25, 0.3) is 0 Å². The molecule has 2 saturated carbocycles. The lowest BCUT2D eigenvalue weighted by Gasteiger charge is -2.39. The Bertz CT molecular complexity index is 187. The Balaban J connectivity index is 1.89. The number of fused-ring (bicyclic) bond motifs is 6. The van der Waals surface area contributed by atoms with Crippen LogP contribution in [0.1, 0.15) is 32.1 Å². The van der Waals surface area contributed by atoms with E-state index in [1.165, 1.54) is 25.8 Å². The molecule has 1 heteroatoms. The molecule has 12 heavy (non-hydrogen) atoms. The second-order valence-corrected chi connectivity index (χ2v) is 5.19. The molecule has 0 spiro atoms. The Morgan fingerprint density at radius 1 is 1.00 bits per heavy atom. The van der Waals surface area contributed by atoms with Gasteiger partial charge in [0.1, 0.15) is 0 Å². The van der Waals surface area contributed by atoms with Crippen molar-refractivity contribution in [3.8, 4) is 0 Å². The number of hydrogen-bond donors (Lipinski definition) is 0. The van der Waals surface area contributed by atoms with E-state index in [-0.39, 0.29) is 0 Å². The highest BCUT2D eigenvalue weighted by Crippen LogP contribution is 2.48. The molecule has 0 aromatic rings. The zero-order valence-corrected chi connectivity index (χ0v) is 8.00. The van der Waals surface area contributed by atoms with E-state index in [0.717, 1.165) is 23.8 Å². The molecule has 1 saturated heterocycles. The number of likely N-dealkylation sites (tertiary alicyclic amines) is 1. The summed E-state index contributed by atoms with van der Waals surface area (Å²) in [5.74, 6) is 3.27. The van der Waals surface area contributed by atoms with Crippen molar-refractivity contribution in [3.63, 3.8) is 0 Å². The fourth-order valence-electron chi connectivity index (χ4n) is 4.01. The summed E-state index contributed by atoms with van der Waals surface area (Å²) in [7, 11) is 2.34. The van der Waals surface area contributed by atoms with Gasteiger partial charge in [-0.3, -0.25) is 0 Å². The summed E-state index contributed by atoms with van der Waals surface area (Å²) in [6, 6.07) is 0.978. The highest BCUT2D eigenvalue weighted by molar-refractivity contribution is 4.98. The van der Waals surface area contributed by atoms with Crippen molar-refractivity contribution in [2.75, 3.05) is 13.6 Å². The van der Waals surface area contributed by atoms with Gasteiger partial charge in [0.25, 0.3) is 0 Å². The summed E-state index contributed by atoms with van der Waals surface area (Å²) in [6.07, 6.45) is 7.70. The highest BCUT2D eigenvalue weighted by Gasteiger charge is 2.45. The number of nitrogens with zero attached hydrogens (tertiary/aromatic N) is 1. The van der Waals surface area contributed by atoms with E-state index in [9.17, 15) is 0 Å². The van der Waals surface area contributed by atoms with E-state index in [1.807, 2.05) is 0 Å². The summed E-state index contributed by atoms with van der Waals surface area (Å²) in [6.45, 7) is 1.41. The van der Waals surface area contributed by atoms with Gasteiger partial charge in [-0.2, -0.15) is 0 Å². The van der Waals surface area contributed by atoms with Gasteiger partial charge in [0.15, 0.2) is 0 Å². The van der Waals surface area contributed by atoms with Crippen molar-refractivity contribution < 1.29 is 0 Å². The van der Waals surface area contributed by atoms with E-state index in [4.69, 9.17) is 0 Å². The SMILES string of the molecule is CN1CC2CC1C1CCCC2C1. The topological polar surface area (TPSA) is 3.24 Å². The second-order valence-electron chi connectivity index (χ2n) is 5.19. The molecule has 4 unspecified atom stereocenters. The molecular formula is C11H19N. The molecule has 3 fully saturated rings. The third-order valence-electron chi connectivity index (χ3n) is 4.60. The first-order valence-corrected chi connectivity index (χ1v) is 5.55. The zero-order chi connectivity index (χ0) is 8.13. The predicted molar refractivity (Wildman–Crippen MR) is 50.0 cm³/mol. The van der Waals surface area contributed by atoms with Crippen LogP contribution in [0.4, 0.5) is 0 Å². The van der Waals surface area contributed by atoms with Crippen LogP contribution in [0.15, 0.2) is 0 Å². The lowest BCUT2D eigenvalue weighted by Crippen LogP contribution is -2.36. The third kappa shape index (κ3) is 0.891. The van der Waals surface area contributed by atoms with Crippen LogP contribution >= 0.6 is 0 Å². The molecule has 3 rings (SSSR count). The summed E-state index contributed by atoms with van der Waals surface area (Å²) < 4.78 is 0. The summed E-state index contributed by atoms with van der Waals surface area (Å²) in [5.41, 5.74) is 0. The van der Waals surface area contributed by atoms with Crippen molar-refractivity contribution in [1.29, 1.82) is 0 Å². The van der Waals surface area contributed by atoms with Gasteiger partial charge < -0.3 is 4.90 Å². The first-order valence-electron chi connectivity index (χ1n) is 5.55. The Labute approximate surface area is 75.1 Å². The van der Waals surface area contributed by atoms with Gasteiger partial charge in [0, 0.05) is 12.6 Å². The quantitative estimate of drug-likeness (QED) is 0.531. The first-order chi connectivity index (χ1) is 5.84. The fraction of sp³-hybridized carbons (Fsp3) is 1.00. The van der Waals surface area contributed by atoms with Gasteiger partial charge >= 0.3 is 0 Å². The van der Waals surface area contributed by atoms with Crippen LogP contribution in [0.2, 0.25) is 0 Å². The minimum atomic E-state index is 0.978. The second kappa shape index (κ2) is 2.47.